The molecule has 0 radical (unpaired) electrons. The van der Waals surface area contributed by atoms with Gasteiger partial charge in [0.05, 0.1) is 5.52 Å². The number of nitrogens with one attached hydrogen (secondary N) is 1. The lowest BCUT2D eigenvalue weighted by atomic mass is 9.89. The first-order valence-corrected chi connectivity index (χ1v) is 13.5. The molecule has 4 aromatic rings. The van der Waals surface area contributed by atoms with Crippen LogP contribution in [0.2, 0.25) is 5.02 Å². The van der Waals surface area contributed by atoms with Crippen molar-refractivity contribution in [3.8, 4) is 22.3 Å². The predicted octanol–water partition coefficient (Wildman–Crippen LogP) is 7.11. The number of aromatic nitrogens is 2. The molecule has 1 saturated heterocycles. The SMILES string of the molecule is Cc1cc2nc(C(=O)NCC3CCCSC3)cc(-c3ccccc3Cl)c2c(C)c1-c1ccncc1. The molecule has 0 aliphatic carbocycles. The normalized spacial score (nSPS) is 15.8. The molecule has 35 heavy (non-hydrogen) atoms. The zero-order valence-electron chi connectivity index (χ0n) is 20.0. The van der Waals surface area contributed by atoms with E-state index >= 15 is 0 Å². The van der Waals surface area contributed by atoms with E-state index in [-0.39, 0.29) is 5.91 Å². The molecule has 1 amide bonds. The molecule has 1 N–H and O–H groups in total. The van der Waals surface area contributed by atoms with E-state index in [0.29, 0.717) is 23.2 Å². The minimum atomic E-state index is -0.135. The fourth-order valence-electron chi connectivity index (χ4n) is 5.03. The Labute approximate surface area is 215 Å². The smallest absolute Gasteiger partial charge is 0.269 e. The highest BCUT2D eigenvalue weighted by atomic mass is 35.5. The highest BCUT2D eigenvalue weighted by Crippen LogP contribution is 2.40. The quantitative estimate of drug-likeness (QED) is 0.316. The highest BCUT2D eigenvalue weighted by Gasteiger charge is 2.21. The van der Waals surface area contributed by atoms with Crippen molar-refractivity contribution in [2.45, 2.75) is 26.7 Å². The van der Waals surface area contributed by atoms with Crippen molar-refractivity contribution >= 4 is 40.2 Å². The minimum absolute atomic E-state index is 0.135. The number of carbonyl (C=O) groups excluding carboxylic acids is 1. The summed E-state index contributed by atoms with van der Waals surface area (Å²) in [5, 5.41) is 4.80. The summed E-state index contributed by atoms with van der Waals surface area (Å²) < 4.78 is 0. The summed E-state index contributed by atoms with van der Waals surface area (Å²) in [6.45, 7) is 4.89. The first kappa shape index (κ1) is 23.8. The Balaban J connectivity index is 1.64. The molecular weight excluding hydrogens is 474 g/mol. The molecule has 178 valence electrons. The van der Waals surface area contributed by atoms with Crippen LogP contribution in [-0.4, -0.2) is 33.9 Å². The van der Waals surface area contributed by atoms with Crippen LogP contribution >= 0.6 is 23.4 Å². The van der Waals surface area contributed by atoms with Gasteiger partial charge in [-0.05, 0) is 102 Å². The van der Waals surface area contributed by atoms with Gasteiger partial charge in [-0.2, -0.15) is 11.8 Å². The van der Waals surface area contributed by atoms with Crippen LogP contribution in [0.4, 0.5) is 0 Å². The third kappa shape index (κ3) is 4.93. The number of amides is 1. The number of halogens is 1. The Hall–Kier alpha value is -2.89. The van der Waals surface area contributed by atoms with Crippen LogP contribution in [0.25, 0.3) is 33.2 Å². The monoisotopic (exact) mass is 501 g/mol. The summed E-state index contributed by atoms with van der Waals surface area (Å²) in [5.74, 6) is 2.71. The Morgan fingerprint density at radius 1 is 1.11 bits per heavy atom. The van der Waals surface area contributed by atoms with Crippen LogP contribution in [-0.2, 0) is 0 Å². The topological polar surface area (TPSA) is 54.9 Å². The van der Waals surface area contributed by atoms with Crippen molar-refractivity contribution in [3.63, 3.8) is 0 Å². The number of hydrogen-bond donors (Lipinski definition) is 1. The predicted molar refractivity (Wildman–Crippen MR) is 147 cm³/mol. The molecule has 0 spiro atoms. The molecule has 1 unspecified atom stereocenters. The van der Waals surface area contributed by atoms with E-state index < -0.39 is 0 Å². The van der Waals surface area contributed by atoms with E-state index in [4.69, 9.17) is 16.6 Å². The number of pyridine rings is 2. The van der Waals surface area contributed by atoms with Crippen molar-refractivity contribution in [2.75, 3.05) is 18.1 Å². The maximum Gasteiger partial charge on any atom is 0.269 e. The number of aryl methyl sites for hydroxylation is 2. The molecule has 5 rings (SSSR count). The van der Waals surface area contributed by atoms with Crippen LogP contribution in [0.5, 0.6) is 0 Å². The molecule has 3 heterocycles. The molecule has 2 aromatic heterocycles. The molecule has 2 aromatic carbocycles. The van der Waals surface area contributed by atoms with Crippen molar-refractivity contribution < 1.29 is 4.79 Å². The molecule has 1 aliphatic heterocycles. The second-order valence-electron chi connectivity index (χ2n) is 9.15. The van der Waals surface area contributed by atoms with Gasteiger partial charge in [-0.3, -0.25) is 9.78 Å². The van der Waals surface area contributed by atoms with Crippen molar-refractivity contribution in [2.24, 2.45) is 5.92 Å². The molecule has 1 atom stereocenters. The lowest BCUT2D eigenvalue weighted by Gasteiger charge is -2.21. The zero-order valence-corrected chi connectivity index (χ0v) is 21.5. The fraction of sp³-hybridized carbons (Fsp3) is 0.276. The lowest BCUT2D eigenvalue weighted by molar-refractivity contribution is 0.0943. The van der Waals surface area contributed by atoms with E-state index in [1.165, 1.54) is 18.6 Å². The van der Waals surface area contributed by atoms with E-state index in [1.54, 1.807) is 0 Å². The van der Waals surface area contributed by atoms with Gasteiger partial charge in [0, 0.05) is 34.9 Å². The Bertz CT molecular complexity index is 1380. The van der Waals surface area contributed by atoms with E-state index in [1.807, 2.05) is 66.6 Å². The maximum atomic E-state index is 13.2. The summed E-state index contributed by atoms with van der Waals surface area (Å²) in [7, 11) is 0. The second-order valence-corrected chi connectivity index (χ2v) is 10.7. The van der Waals surface area contributed by atoms with Gasteiger partial charge in [0.25, 0.3) is 5.91 Å². The molecule has 0 bridgehead atoms. The number of nitrogens with zero attached hydrogens (tertiary/aromatic N) is 2. The largest absolute Gasteiger partial charge is 0.350 e. The number of carbonyl (C=O) groups is 1. The van der Waals surface area contributed by atoms with Gasteiger partial charge < -0.3 is 5.32 Å². The van der Waals surface area contributed by atoms with Gasteiger partial charge in [-0.1, -0.05) is 29.8 Å². The molecule has 6 heteroatoms. The Morgan fingerprint density at radius 3 is 2.66 bits per heavy atom. The van der Waals surface area contributed by atoms with Gasteiger partial charge in [0.1, 0.15) is 5.69 Å². The number of rotatable bonds is 5. The molecule has 1 aliphatic rings. The first-order chi connectivity index (χ1) is 17.0. The van der Waals surface area contributed by atoms with Crippen LogP contribution in [0.3, 0.4) is 0 Å². The standard InChI is InChI=1S/C29H28ClN3OS/c1-18-14-25-28(19(2)27(18)21-9-11-31-12-10-21)23(22-7-3-4-8-24(22)30)15-26(33-25)29(34)32-16-20-6-5-13-35-17-20/h3-4,7-12,14-15,20H,5-6,13,16-17H2,1-2H3,(H,32,34). The van der Waals surface area contributed by atoms with Crippen molar-refractivity contribution in [3.05, 3.63) is 82.8 Å². The highest BCUT2D eigenvalue weighted by molar-refractivity contribution is 7.99. The van der Waals surface area contributed by atoms with Crippen molar-refractivity contribution in [1.29, 1.82) is 0 Å². The van der Waals surface area contributed by atoms with E-state index in [2.05, 4.69) is 30.2 Å². The Morgan fingerprint density at radius 2 is 1.91 bits per heavy atom. The fourth-order valence-corrected chi connectivity index (χ4v) is 6.42. The number of fused-ring (bicyclic) bond motifs is 1. The van der Waals surface area contributed by atoms with Gasteiger partial charge in [-0.15, -0.1) is 0 Å². The third-order valence-electron chi connectivity index (χ3n) is 6.72. The van der Waals surface area contributed by atoms with Gasteiger partial charge in [-0.25, -0.2) is 4.98 Å². The maximum absolute atomic E-state index is 13.2. The second kappa shape index (κ2) is 10.4. The average Bonchev–Trinajstić information content (AvgIpc) is 2.88. The summed E-state index contributed by atoms with van der Waals surface area (Å²) in [6.07, 6.45) is 6.00. The van der Waals surface area contributed by atoms with Crippen LogP contribution in [0.15, 0.2) is 60.9 Å². The number of thioether (sulfide) groups is 1. The third-order valence-corrected chi connectivity index (χ3v) is 8.33. The molecule has 1 fully saturated rings. The Kier molecular flexibility index (Phi) is 7.07. The van der Waals surface area contributed by atoms with Crippen LogP contribution < -0.4 is 5.32 Å². The van der Waals surface area contributed by atoms with Crippen LogP contribution in [0.1, 0.15) is 34.5 Å². The van der Waals surface area contributed by atoms with Gasteiger partial charge in [0.15, 0.2) is 0 Å². The average molecular weight is 502 g/mol. The minimum Gasteiger partial charge on any atom is -0.350 e. The summed E-state index contributed by atoms with van der Waals surface area (Å²) in [5.41, 5.74) is 7.52. The molecule has 0 saturated carbocycles. The summed E-state index contributed by atoms with van der Waals surface area (Å²) in [4.78, 5) is 22.3. The number of benzene rings is 2. The van der Waals surface area contributed by atoms with Crippen LogP contribution in [0, 0.1) is 19.8 Å². The van der Waals surface area contributed by atoms with Gasteiger partial charge >= 0.3 is 0 Å². The zero-order chi connectivity index (χ0) is 24.4. The molecule has 4 nitrogen and oxygen atoms in total. The number of hydrogen-bond acceptors (Lipinski definition) is 4. The van der Waals surface area contributed by atoms with E-state index in [9.17, 15) is 4.79 Å². The summed E-state index contributed by atoms with van der Waals surface area (Å²) >= 11 is 8.63. The van der Waals surface area contributed by atoms with Crippen molar-refractivity contribution in [1.82, 2.24) is 15.3 Å². The summed E-state index contributed by atoms with van der Waals surface area (Å²) in [6, 6.07) is 15.8. The lowest BCUT2D eigenvalue weighted by Crippen LogP contribution is -2.32. The molecular formula is C29H28ClN3OS. The van der Waals surface area contributed by atoms with E-state index in [0.717, 1.165) is 50.0 Å². The first-order valence-electron chi connectivity index (χ1n) is 12.0. The van der Waals surface area contributed by atoms with Gasteiger partial charge in [0.2, 0.25) is 0 Å².